The summed E-state index contributed by atoms with van der Waals surface area (Å²) in [7, 11) is 1.69. The minimum absolute atomic E-state index is 0.507. The molecular formula is C12H21N5O. The first-order valence-corrected chi connectivity index (χ1v) is 6.40. The number of methoxy groups -OCH3 is 1. The van der Waals surface area contributed by atoms with Crippen molar-refractivity contribution >= 4 is 11.6 Å². The Bertz CT molecular complexity index is 354. The number of nitrogens with zero attached hydrogens (tertiary/aromatic N) is 2. The van der Waals surface area contributed by atoms with Crippen LogP contribution in [0.1, 0.15) is 12.8 Å². The van der Waals surface area contributed by atoms with E-state index in [9.17, 15) is 0 Å². The lowest BCUT2D eigenvalue weighted by atomic mass is 10.1. The van der Waals surface area contributed by atoms with Crippen molar-refractivity contribution in [1.82, 2.24) is 15.3 Å². The standard InChI is InChI=1S/C12H21N5O/c1-18-7-6-14-11-8-12(16-9-15-11)17-10-2-4-13-5-3-10/h8-10,13H,2-7H2,1H3,(H2,14,15,16,17). The van der Waals surface area contributed by atoms with Crippen LogP contribution in [0.5, 0.6) is 0 Å². The highest BCUT2D eigenvalue weighted by Crippen LogP contribution is 2.13. The molecule has 0 spiro atoms. The third-order valence-corrected chi connectivity index (χ3v) is 2.97. The van der Waals surface area contributed by atoms with E-state index >= 15 is 0 Å². The molecule has 2 rings (SSSR count). The SMILES string of the molecule is COCCNc1cc(NC2CCNCC2)ncn1. The highest BCUT2D eigenvalue weighted by Gasteiger charge is 2.13. The van der Waals surface area contributed by atoms with E-state index in [-0.39, 0.29) is 0 Å². The molecule has 0 unspecified atom stereocenters. The van der Waals surface area contributed by atoms with Crippen LogP contribution < -0.4 is 16.0 Å². The van der Waals surface area contributed by atoms with Crippen molar-refractivity contribution in [2.45, 2.75) is 18.9 Å². The summed E-state index contributed by atoms with van der Waals surface area (Å²) in [4.78, 5) is 8.42. The van der Waals surface area contributed by atoms with Crippen molar-refractivity contribution in [1.29, 1.82) is 0 Å². The van der Waals surface area contributed by atoms with Gasteiger partial charge in [-0.05, 0) is 25.9 Å². The number of hydrogen-bond donors (Lipinski definition) is 3. The van der Waals surface area contributed by atoms with Gasteiger partial charge >= 0.3 is 0 Å². The summed E-state index contributed by atoms with van der Waals surface area (Å²) in [6.07, 6.45) is 3.85. The maximum absolute atomic E-state index is 4.99. The Morgan fingerprint density at radius 2 is 2.11 bits per heavy atom. The third-order valence-electron chi connectivity index (χ3n) is 2.97. The van der Waals surface area contributed by atoms with Gasteiger partial charge in [-0.2, -0.15) is 0 Å². The molecule has 6 nitrogen and oxygen atoms in total. The summed E-state index contributed by atoms with van der Waals surface area (Å²) in [5, 5.41) is 9.99. The summed E-state index contributed by atoms with van der Waals surface area (Å²) < 4.78 is 4.99. The van der Waals surface area contributed by atoms with E-state index < -0.39 is 0 Å². The van der Waals surface area contributed by atoms with Gasteiger partial charge in [0, 0.05) is 25.8 Å². The number of anilines is 2. The molecule has 2 heterocycles. The summed E-state index contributed by atoms with van der Waals surface area (Å²) in [6.45, 7) is 3.56. The molecule has 0 bridgehead atoms. The maximum Gasteiger partial charge on any atom is 0.131 e. The molecule has 0 aromatic carbocycles. The fourth-order valence-electron chi connectivity index (χ4n) is 1.99. The molecule has 1 aromatic rings. The highest BCUT2D eigenvalue weighted by atomic mass is 16.5. The van der Waals surface area contributed by atoms with Crippen LogP contribution >= 0.6 is 0 Å². The Labute approximate surface area is 108 Å². The molecule has 1 aliphatic rings. The van der Waals surface area contributed by atoms with Gasteiger partial charge in [-0.25, -0.2) is 9.97 Å². The van der Waals surface area contributed by atoms with E-state index in [0.29, 0.717) is 12.6 Å². The molecule has 0 radical (unpaired) electrons. The molecule has 18 heavy (non-hydrogen) atoms. The zero-order valence-corrected chi connectivity index (χ0v) is 10.8. The van der Waals surface area contributed by atoms with Gasteiger partial charge in [0.15, 0.2) is 0 Å². The Hall–Kier alpha value is -1.40. The van der Waals surface area contributed by atoms with E-state index in [4.69, 9.17) is 4.74 Å². The van der Waals surface area contributed by atoms with E-state index in [1.165, 1.54) is 0 Å². The topological polar surface area (TPSA) is 71.1 Å². The minimum Gasteiger partial charge on any atom is -0.383 e. The van der Waals surface area contributed by atoms with E-state index in [2.05, 4.69) is 25.9 Å². The second-order valence-corrected chi connectivity index (χ2v) is 4.38. The van der Waals surface area contributed by atoms with Gasteiger partial charge in [-0.15, -0.1) is 0 Å². The van der Waals surface area contributed by atoms with E-state index in [1.54, 1.807) is 13.4 Å². The van der Waals surface area contributed by atoms with Gasteiger partial charge in [0.2, 0.25) is 0 Å². The van der Waals surface area contributed by atoms with E-state index in [1.807, 2.05) is 6.07 Å². The summed E-state index contributed by atoms with van der Waals surface area (Å²) >= 11 is 0. The zero-order valence-electron chi connectivity index (χ0n) is 10.8. The largest absolute Gasteiger partial charge is 0.383 e. The number of aromatic nitrogens is 2. The molecule has 0 atom stereocenters. The van der Waals surface area contributed by atoms with Crippen LogP contribution in [-0.2, 0) is 4.74 Å². The number of hydrogen-bond acceptors (Lipinski definition) is 6. The maximum atomic E-state index is 4.99. The number of ether oxygens (including phenoxy) is 1. The van der Waals surface area contributed by atoms with Crippen molar-refractivity contribution in [2.24, 2.45) is 0 Å². The fraction of sp³-hybridized carbons (Fsp3) is 0.667. The Morgan fingerprint density at radius 3 is 2.89 bits per heavy atom. The normalized spacial score (nSPS) is 16.5. The summed E-state index contributed by atoms with van der Waals surface area (Å²) in [6, 6.07) is 2.45. The summed E-state index contributed by atoms with van der Waals surface area (Å²) in [5.41, 5.74) is 0. The van der Waals surface area contributed by atoms with Crippen LogP contribution in [0.15, 0.2) is 12.4 Å². The first-order valence-electron chi connectivity index (χ1n) is 6.40. The Morgan fingerprint density at radius 1 is 1.33 bits per heavy atom. The number of piperidine rings is 1. The minimum atomic E-state index is 0.507. The van der Waals surface area contributed by atoms with E-state index in [0.717, 1.165) is 44.1 Å². The average Bonchev–Trinajstić information content (AvgIpc) is 2.41. The molecular weight excluding hydrogens is 230 g/mol. The molecule has 1 saturated heterocycles. The van der Waals surface area contributed by atoms with Gasteiger partial charge in [-0.3, -0.25) is 0 Å². The molecule has 0 amide bonds. The smallest absolute Gasteiger partial charge is 0.131 e. The Kier molecular flexibility index (Phi) is 5.16. The zero-order chi connectivity index (χ0) is 12.6. The second kappa shape index (κ2) is 7.13. The van der Waals surface area contributed by atoms with Crippen LogP contribution in [-0.4, -0.2) is 49.4 Å². The monoisotopic (exact) mass is 251 g/mol. The van der Waals surface area contributed by atoms with Gasteiger partial charge in [-0.1, -0.05) is 0 Å². The van der Waals surface area contributed by atoms with Crippen LogP contribution in [0.25, 0.3) is 0 Å². The quantitative estimate of drug-likeness (QED) is 0.647. The lowest BCUT2D eigenvalue weighted by Crippen LogP contribution is -2.35. The van der Waals surface area contributed by atoms with Gasteiger partial charge < -0.3 is 20.7 Å². The van der Waals surface area contributed by atoms with Crippen LogP contribution in [0.4, 0.5) is 11.6 Å². The first kappa shape index (κ1) is 13.0. The predicted molar refractivity (Wildman–Crippen MR) is 71.9 cm³/mol. The van der Waals surface area contributed by atoms with Crippen molar-refractivity contribution in [2.75, 3.05) is 44.0 Å². The molecule has 3 N–H and O–H groups in total. The molecule has 1 fully saturated rings. The lowest BCUT2D eigenvalue weighted by molar-refractivity contribution is 0.210. The lowest BCUT2D eigenvalue weighted by Gasteiger charge is -2.24. The molecule has 0 aliphatic carbocycles. The number of nitrogens with one attached hydrogen (secondary N) is 3. The second-order valence-electron chi connectivity index (χ2n) is 4.38. The Balaban J connectivity index is 1.85. The molecule has 1 aromatic heterocycles. The summed E-state index contributed by atoms with van der Waals surface area (Å²) in [5.74, 6) is 1.72. The molecule has 0 saturated carbocycles. The van der Waals surface area contributed by atoms with Crippen LogP contribution in [0, 0.1) is 0 Å². The van der Waals surface area contributed by atoms with Crippen LogP contribution in [0.2, 0.25) is 0 Å². The predicted octanol–water partition coefficient (Wildman–Crippen LogP) is 0.699. The molecule has 100 valence electrons. The fourth-order valence-corrected chi connectivity index (χ4v) is 1.99. The van der Waals surface area contributed by atoms with Crippen molar-refractivity contribution in [3.8, 4) is 0 Å². The molecule has 6 heteroatoms. The van der Waals surface area contributed by atoms with Gasteiger partial charge in [0.05, 0.1) is 6.61 Å². The average molecular weight is 251 g/mol. The van der Waals surface area contributed by atoms with Crippen molar-refractivity contribution < 1.29 is 4.74 Å². The van der Waals surface area contributed by atoms with Crippen molar-refractivity contribution in [3.05, 3.63) is 12.4 Å². The van der Waals surface area contributed by atoms with Crippen molar-refractivity contribution in [3.63, 3.8) is 0 Å². The highest BCUT2D eigenvalue weighted by molar-refractivity contribution is 5.46. The van der Waals surface area contributed by atoms with Gasteiger partial charge in [0.1, 0.15) is 18.0 Å². The van der Waals surface area contributed by atoms with Crippen LogP contribution in [0.3, 0.4) is 0 Å². The first-order chi connectivity index (χ1) is 8.88. The van der Waals surface area contributed by atoms with Gasteiger partial charge in [0.25, 0.3) is 0 Å². The third kappa shape index (κ3) is 4.12. The molecule has 1 aliphatic heterocycles. The number of rotatable bonds is 6.